The minimum Gasteiger partial charge on any atom is -0.459 e. The summed E-state index contributed by atoms with van der Waals surface area (Å²) in [5.74, 6) is 0.359. The third kappa shape index (κ3) is 4.75. The normalized spacial score (nSPS) is 16.3. The van der Waals surface area contributed by atoms with E-state index in [0.29, 0.717) is 31.7 Å². The van der Waals surface area contributed by atoms with Crippen molar-refractivity contribution in [3.63, 3.8) is 0 Å². The van der Waals surface area contributed by atoms with Crippen LogP contribution in [0.25, 0.3) is 0 Å². The molecule has 0 spiro atoms. The van der Waals surface area contributed by atoms with Crippen LogP contribution in [0.1, 0.15) is 42.3 Å². The number of hydrogen-bond acceptors (Lipinski definition) is 3. The minimum absolute atomic E-state index is 0.0187. The van der Waals surface area contributed by atoms with Crippen molar-refractivity contribution < 1.29 is 14.0 Å². The molecule has 5 nitrogen and oxygen atoms in total. The van der Waals surface area contributed by atoms with Crippen LogP contribution in [0.15, 0.2) is 53.1 Å². The van der Waals surface area contributed by atoms with Crippen LogP contribution in [-0.4, -0.2) is 35.8 Å². The van der Waals surface area contributed by atoms with Crippen molar-refractivity contribution >= 4 is 11.8 Å². The summed E-state index contributed by atoms with van der Waals surface area (Å²) in [6, 6.07) is 13.8. The van der Waals surface area contributed by atoms with Crippen LogP contribution in [0, 0.1) is 5.92 Å². The van der Waals surface area contributed by atoms with Gasteiger partial charge < -0.3 is 14.6 Å². The Hall–Kier alpha value is -2.56. The van der Waals surface area contributed by atoms with Crippen LogP contribution in [-0.2, 0) is 11.2 Å². The first-order valence-corrected chi connectivity index (χ1v) is 9.30. The summed E-state index contributed by atoms with van der Waals surface area (Å²) in [7, 11) is 0. The number of amides is 2. The molecule has 138 valence electrons. The highest BCUT2D eigenvalue weighted by molar-refractivity contribution is 5.91. The first-order valence-electron chi connectivity index (χ1n) is 9.30. The maximum absolute atomic E-state index is 12.5. The molecule has 0 aliphatic carbocycles. The Bertz CT molecular complexity index is 704. The number of aryl methyl sites for hydroxylation is 1. The zero-order valence-electron chi connectivity index (χ0n) is 15.2. The van der Waals surface area contributed by atoms with Crippen LogP contribution >= 0.6 is 0 Å². The van der Waals surface area contributed by atoms with E-state index in [4.69, 9.17) is 4.42 Å². The van der Waals surface area contributed by atoms with Gasteiger partial charge in [0.05, 0.1) is 6.26 Å². The van der Waals surface area contributed by atoms with Gasteiger partial charge >= 0.3 is 0 Å². The lowest BCUT2D eigenvalue weighted by molar-refractivity contribution is -0.126. The monoisotopic (exact) mass is 354 g/mol. The fourth-order valence-electron chi connectivity index (χ4n) is 3.36. The Morgan fingerprint density at radius 2 is 1.88 bits per heavy atom. The second-order valence-corrected chi connectivity index (χ2v) is 6.98. The van der Waals surface area contributed by atoms with Crippen molar-refractivity contribution in [1.82, 2.24) is 10.2 Å². The summed E-state index contributed by atoms with van der Waals surface area (Å²) in [6.45, 7) is 3.24. The molecule has 0 radical (unpaired) electrons. The summed E-state index contributed by atoms with van der Waals surface area (Å²) in [4.78, 5) is 26.5. The molecule has 3 rings (SSSR count). The van der Waals surface area contributed by atoms with Crippen LogP contribution in [0.3, 0.4) is 0 Å². The van der Waals surface area contributed by atoms with E-state index in [1.54, 1.807) is 17.0 Å². The van der Waals surface area contributed by atoms with Gasteiger partial charge in [-0.15, -0.1) is 0 Å². The molecule has 2 heterocycles. The number of likely N-dealkylation sites (tertiary alicyclic amines) is 1. The Morgan fingerprint density at radius 3 is 2.54 bits per heavy atom. The molecular formula is C21H26N2O3. The molecule has 0 saturated carbocycles. The van der Waals surface area contributed by atoms with E-state index in [2.05, 4.69) is 24.4 Å². The molecule has 1 saturated heterocycles. The summed E-state index contributed by atoms with van der Waals surface area (Å²) in [5, 5.41) is 3.13. The van der Waals surface area contributed by atoms with Gasteiger partial charge in [-0.05, 0) is 50.3 Å². The van der Waals surface area contributed by atoms with Gasteiger partial charge in [-0.2, -0.15) is 0 Å². The van der Waals surface area contributed by atoms with Crippen LogP contribution in [0.4, 0.5) is 0 Å². The summed E-state index contributed by atoms with van der Waals surface area (Å²) >= 11 is 0. The lowest BCUT2D eigenvalue weighted by Gasteiger charge is -2.31. The highest BCUT2D eigenvalue weighted by Crippen LogP contribution is 2.20. The standard InChI is InChI=1S/C21H26N2O3/c1-16(9-10-17-6-3-2-4-7-17)22-20(24)18-11-13-23(14-12-18)21(25)19-8-5-15-26-19/h2-8,15-16,18H,9-14H2,1H3,(H,22,24)/t16-/m0/s1. The zero-order chi connectivity index (χ0) is 18.4. The number of rotatable bonds is 6. The molecule has 1 aliphatic heterocycles. The SMILES string of the molecule is C[C@@H](CCc1ccccc1)NC(=O)C1CCN(C(=O)c2ccco2)CC1. The van der Waals surface area contributed by atoms with Crippen molar-refractivity contribution in [1.29, 1.82) is 0 Å². The average molecular weight is 354 g/mol. The molecule has 26 heavy (non-hydrogen) atoms. The molecule has 1 aromatic heterocycles. The van der Waals surface area contributed by atoms with Gasteiger partial charge in [0.15, 0.2) is 5.76 Å². The third-order valence-electron chi connectivity index (χ3n) is 4.98. The molecule has 2 amide bonds. The van der Waals surface area contributed by atoms with Crippen LogP contribution in [0.2, 0.25) is 0 Å². The topological polar surface area (TPSA) is 62.6 Å². The molecule has 1 N–H and O–H groups in total. The lowest BCUT2D eigenvalue weighted by atomic mass is 9.95. The van der Waals surface area contributed by atoms with Crippen molar-refractivity contribution in [3.05, 3.63) is 60.1 Å². The van der Waals surface area contributed by atoms with E-state index < -0.39 is 0 Å². The van der Waals surface area contributed by atoms with Crippen molar-refractivity contribution in [2.45, 2.75) is 38.6 Å². The van der Waals surface area contributed by atoms with Gasteiger partial charge in [0.1, 0.15) is 0 Å². The lowest BCUT2D eigenvalue weighted by Crippen LogP contribution is -2.44. The van der Waals surface area contributed by atoms with Crippen molar-refractivity contribution in [2.75, 3.05) is 13.1 Å². The summed E-state index contributed by atoms with van der Waals surface area (Å²) in [5.41, 5.74) is 1.29. The third-order valence-corrected chi connectivity index (χ3v) is 4.98. The van der Waals surface area contributed by atoms with Gasteiger partial charge in [-0.25, -0.2) is 0 Å². The van der Waals surface area contributed by atoms with Gasteiger partial charge in [0.2, 0.25) is 5.91 Å². The number of carbonyl (C=O) groups is 2. The molecule has 0 unspecified atom stereocenters. The predicted octanol–water partition coefficient (Wildman–Crippen LogP) is 3.27. The molecular weight excluding hydrogens is 328 g/mol. The first kappa shape index (κ1) is 18.2. The molecule has 1 aliphatic rings. The van der Waals surface area contributed by atoms with Crippen LogP contribution < -0.4 is 5.32 Å². The van der Waals surface area contributed by atoms with Gasteiger partial charge in [0.25, 0.3) is 5.91 Å². The summed E-state index contributed by atoms with van der Waals surface area (Å²) in [6.07, 6.45) is 4.78. The molecule has 2 aromatic rings. The van der Waals surface area contributed by atoms with Crippen molar-refractivity contribution in [3.8, 4) is 0 Å². The van der Waals surface area contributed by atoms with E-state index in [0.717, 1.165) is 12.8 Å². The van der Waals surface area contributed by atoms with E-state index in [9.17, 15) is 9.59 Å². The Kier molecular flexibility index (Phi) is 6.10. The number of piperidine rings is 1. The van der Waals surface area contributed by atoms with E-state index in [1.165, 1.54) is 11.8 Å². The highest BCUT2D eigenvalue weighted by atomic mass is 16.3. The number of carbonyl (C=O) groups excluding carboxylic acids is 2. The quantitative estimate of drug-likeness (QED) is 0.866. The van der Waals surface area contributed by atoms with Crippen LogP contribution in [0.5, 0.6) is 0 Å². The Labute approximate surface area is 154 Å². The number of nitrogens with zero attached hydrogens (tertiary/aromatic N) is 1. The fourth-order valence-corrected chi connectivity index (χ4v) is 3.36. The molecule has 0 bridgehead atoms. The predicted molar refractivity (Wildman–Crippen MR) is 99.7 cm³/mol. The number of nitrogens with one attached hydrogen (secondary N) is 1. The molecule has 1 fully saturated rings. The minimum atomic E-state index is -0.0925. The second-order valence-electron chi connectivity index (χ2n) is 6.98. The molecule has 1 aromatic carbocycles. The maximum Gasteiger partial charge on any atom is 0.289 e. The number of furan rings is 1. The Morgan fingerprint density at radius 1 is 1.15 bits per heavy atom. The Balaban J connectivity index is 1.41. The number of hydrogen-bond donors (Lipinski definition) is 1. The van der Waals surface area contributed by atoms with Gasteiger partial charge in [-0.3, -0.25) is 9.59 Å². The van der Waals surface area contributed by atoms with Crippen molar-refractivity contribution in [2.24, 2.45) is 5.92 Å². The average Bonchev–Trinajstić information content (AvgIpc) is 3.21. The highest BCUT2D eigenvalue weighted by Gasteiger charge is 2.29. The van der Waals surface area contributed by atoms with E-state index in [1.807, 2.05) is 18.2 Å². The summed E-state index contributed by atoms with van der Waals surface area (Å²) < 4.78 is 5.17. The molecule has 5 heteroatoms. The maximum atomic E-state index is 12.5. The smallest absolute Gasteiger partial charge is 0.289 e. The molecule has 1 atom stereocenters. The largest absolute Gasteiger partial charge is 0.459 e. The second kappa shape index (κ2) is 8.70. The first-order chi connectivity index (χ1) is 12.6. The van der Waals surface area contributed by atoms with Gasteiger partial charge in [-0.1, -0.05) is 30.3 Å². The van der Waals surface area contributed by atoms with E-state index >= 15 is 0 Å². The van der Waals surface area contributed by atoms with E-state index in [-0.39, 0.29) is 23.8 Å². The zero-order valence-corrected chi connectivity index (χ0v) is 15.2. The number of benzene rings is 1. The van der Waals surface area contributed by atoms with Gasteiger partial charge in [0, 0.05) is 25.0 Å². The fraction of sp³-hybridized carbons (Fsp3) is 0.429.